The Labute approximate surface area is 121 Å². The maximum Gasteiger partial charge on any atom is 0.243 e. The minimum Gasteiger partial charge on any atom is -0.317 e. The van der Waals surface area contributed by atoms with E-state index in [1.807, 2.05) is 0 Å². The maximum atomic E-state index is 12.5. The van der Waals surface area contributed by atoms with Crippen LogP contribution in [-0.4, -0.2) is 27.5 Å². The van der Waals surface area contributed by atoms with Gasteiger partial charge in [0.15, 0.2) is 0 Å². The van der Waals surface area contributed by atoms with E-state index in [4.69, 9.17) is 0 Å². The molecule has 0 spiro atoms. The van der Waals surface area contributed by atoms with Crippen LogP contribution < -0.4 is 10.0 Å². The lowest BCUT2D eigenvalue weighted by molar-refractivity contribution is 0.518. The molecule has 108 valence electrons. The molecule has 3 rings (SSSR count). The van der Waals surface area contributed by atoms with Crippen molar-refractivity contribution in [2.75, 3.05) is 13.1 Å². The largest absolute Gasteiger partial charge is 0.317 e. The second kappa shape index (κ2) is 5.72. The Hall–Kier alpha value is -1.09. The van der Waals surface area contributed by atoms with E-state index in [-0.39, 0.29) is 10.9 Å². The van der Waals surface area contributed by atoms with E-state index in [9.17, 15) is 8.42 Å². The van der Waals surface area contributed by atoms with Crippen molar-refractivity contribution in [2.45, 2.75) is 30.2 Å². The zero-order valence-electron chi connectivity index (χ0n) is 10.9. The van der Waals surface area contributed by atoms with Gasteiger partial charge < -0.3 is 5.32 Å². The molecule has 1 aromatic carbocycles. The normalized spacial score (nSPS) is 22.1. The van der Waals surface area contributed by atoms with Gasteiger partial charge in [-0.25, -0.2) is 13.1 Å². The zero-order valence-corrected chi connectivity index (χ0v) is 12.5. The van der Waals surface area contributed by atoms with Crippen molar-refractivity contribution in [1.29, 1.82) is 0 Å². The lowest BCUT2D eigenvalue weighted by atomic mass is 10.1. The lowest BCUT2D eigenvalue weighted by Crippen LogP contribution is -2.35. The molecule has 2 N–H and O–H groups in total. The number of benzene rings is 1. The van der Waals surface area contributed by atoms with Gasteiger partial charge in [-0.1, -0.05) is 6.07 Å². The van der Waals surface area contributed by atoms with Crippen LogP contribution in [-0.2, 0) is 21.4 Å². The topological polar surface area (TPSA) is 82.9 Å². The van der Waals surface area contributed by atoms with Gasteiger partial charge in [0.05, 0.1) is 11.4 Å². The number of rotatable bonds is 3. The first-order valence-electron chi connectivity index (χ1n) is 6.61. The van der Waals surface area contributed by atoms with Gasteiger partial charge in [-0.3, -0.25) is 0 Å². The maximum absolute atomic E-state index is 12.5. The van der Waals surface area contributed by atoms with Crippen molar-refractivity contribution in [1.82, 2.24) is 10.0 Å². The number of nitrogens with one attached hydrogen (secondary N) is 2. The number of hydrogen-bond donors (Lipinski definition) is 2. The molecule has 20 heavy (non-hydrogen) atoms. The molecule has 0 amide bonds. The smallest absolute Gasteiger partial charge is 0.243 e. The highest BCUT2D eigenvalue weighted by Gasteiger charge is 2.25. The van der Waals surface area contributed by atoms with Crippen LogP contribution in [0.2, 0.25) is 0 Å². The predicted molar refractivity (Wildman–Crippen MR) is 78.8 cm³/mol. The number of fused-ring (bicyclic) bond motifs is 1. The molecule has 1 unspecified atom stereocenters. The van der Waals surface area contributed by atoms with Gasteiger partial charge in [0, 0.05) is 6.04 Å². The van der Waals surface area contributed by atoms with Crippen molar-refractivity contribution in [3.63, 3.8) is 0 Å². The molecule has 1 aromatic rings. The summed E-state index contributed by atoms with van der Waals surface area (Å²) in [4.78, 5) is 0.223. The minimum atomic E-state index is -3.55. The molecule has 2 heterocycles. The van der Waals surface area contributed by atoms with Gasteiger partial charge in [-0.15, -0.1) is 0 Å². The van der Waals surface area contributed by atoms with Crippen LogP contribution >= 0.6 is 0 Å². The molecular weight excluding hydrogens is 296 g/mol. The van der Waals surface area contributed by atoms with Crippen LogP contribution in [0.1, 0.15) is 19.3 Å². The number of hydrogen-bond acceptors (Lipinski definition) is 5. The SMILES string of the molecule is O=S(=O)(NC1CCCNCC1)c1cccc2c1N=S=N2. The van der Waals surface area contributed by atoms with Crippen LogP contribution in [0.25, 0.3) is 0 Å². The van der Waals surface area contributed by atoms with Gasteiger partial charge in [0.1, 0.15) is 16.3 Å². The molecule has 0 saturated carbocycles. The van der Waals surface area contributed by atoms with Crippen LogP contribution in [0.5, 0.6) is 0 Å². The van der Waals surface area contributed by atoms with Crippen molar-refractivity contribution in [3.05, 3.63) is 18.2 Å². The summed E-state index contributed by atoms with van der Waals surface area (Å²) in [5.74, 6) is 0. The summed E-state index contributed by atoms with van der Waals surface area (Å²) in [6.07, 6.45) is 2.65. The molecule has 8 heteroatoms. The molecular formula is C12H16N4O2S2. The molecule has 2 aliphatic heterocycles. The Morgan fingerprint density at radius 1 is 1.25 bits per heavy atom. The van der Waals surface area contributed by atoms with E-state index in [0.29, 0.717) is 11.4 Å². The highest BCUT2D eigenvalue weighted by molar-refractivity contribution is 7.89. The standard InChI is InChI=1S/C12H16N4O2S2/c17-20(18,16-9-3-2-7-13-8-6-9)11-5-1-4-10-12(11)15-19-14-10/h1,4-5,9,13,16H,2-3,6-8H2. The number of sulfonamides is 1. The first-order valence-corrected chi connectivity index (χ1v) is 8.82. The van der Waals surface area contributed by atoms with Crippen LogP contribution in [0.4, 0.5) is 11.4 Å². The van der Waals surface area contributed by atoms with Gasteiger partial charge in [-0.2, -0.15) is 8.73 Å². The fraction of sp³-hybridized carbons (Fsp3) is 0.500. The average molecular weight is 312 g/mol. The van der Waals surface area contributed by atoms with Crippen molar-refractivity contribution in [2.24, 2.45) is 8.73 Å². The van der Waals surface area contributed by atoms with E-state index >= 15 is 0 Å². The number of nitrogens with zero attached hydrogens (tertiary/aromatic N) is 2. The Morgan fingerprint density at radius 3 is 3.05 bits per heavy atom. The quantitative estimate of drug-likeness (QED) is 0.907. The summed E-state index contributed by atoms with van der Waals surface area (Å²) < 4.78 is 36.0. The minimum absolute atomic E-state index is 0.0168. The summed E-state index contributed by atoms with van der Waals surface area (Å²) in [6.45, 7) is 1.79. The van der Waals surface area contributed by atoms with Crippen molar-refractivity contribution >= 4 is 32.8 Å². The van der Waals surface area contributed by atoms with Crippen LogP contribution in [0, 0.1) is 0 Å². The summed E-state index contributed by atoms with van der Waals surface area (Å²) in [5.41, 5.74) is 1.08. The molecule has 1 atom stereocenters. The molecule has 6 nitrogen and oxygen atoms in total. The van der Waals surface area contributed by atoms with E-state index in [0.717, 1.165) is 43.7 Å². The highest BCUT2D eigenvalue weighted by atomic mass is 32.2. The van der Waals surface area contributed by atoms with Crippen LogP contribution in [0.15, 0.2) is 31.8 Å². The second-order valence-electron chi connectivity index (χ2n) is 4.89. The first kappa shape index (κ1) is 13.9. The van der Waals surface area contributed by atoms with E-state index in [2.05, 4.69) is 18.8 Å². The summed E-state index contributed by atoms with van der Waals surface area (Å²) in [7, 11) is -3.55. The Morgan fingerprint density at radius 2 is 2.15 bits per heavy atom. The zero-order chi connectivity index (χ0) is 14.0. The molecule has 0 radical (unpaired) electrons. The summed E-state index contributed by atoms with van der Waals surface area (Å²) in [6, 6.07) is 5.04. The molecule has 1 saturated heterocycles. The van der Waals surface area contributed by atoms with Gasteiger partial charge in [0.2, 0.25) is 10.0 Å². The lowest BCUT2D eigenvalue weighted by Gasteiger charge is -2.16. The van der Waals surface area contributed by atoms with Crippen molar-refractivity contribution < 1.29 is 8.42 Å². The third-order valence-electron chi connectivity index (χ3n) is 3.44. The van der Waals surface area contributed by atoms with Gasteiger partial charge in [0.25, 0.3) is 0 Å². The second-order valence-corrected chi connectivity index (χ2v) is 7.10. The monoisotopic (exact) mass is 312 g/mol. The van der Waals surface area contributed by atoms with Crippen molar-refractivity contribution in [3.8, 4) is 0 Å². The Bertz CT molecular complexity index is 673. The predicted octanol–water partition coefficient (Wildman–Crippen LogP) is 1.83. The van der Waals surface area contributed by atoms with Gasteiger partial charge in [-0.05, 0) is 44.5 Å². The molecule has 2 aliphatic rings. The third kappa shape index (κ3) is 2.83. The van der Waals surface area contributed by atoms with Gasteiger partial charge >= 0.3 is 0 Å². The average Bonchev–Trinajstić information content (AvgIpc) is 2.76. The van der Waals surface area contributed by atoms with Crippen LogP contribution in [0.3, 0.4) is 0 Å². The van der Waals surface area contributed by atoms with E-state index < -0.39 is 10.0 Å². The Balaban J connectivity index is 1.85. The summed E-state index contributed by atoms with van der Waals surface area (Å²) in [5, 5.41) is 3.27. The Kier molecular flexibility index (Phi) is 3.97. The first-order chi connectivity index (χ1) is 9.67. The third-order valence-corrected chi connectivity index (χ3v) is 5.53. The van der Waals surface area contributed by atoms with E-state index in [1.165, 1.54) is 0 Å². The van der Waals surface area contributed by atoms with E-state index in [1.54, 1.807) is 18.2 Å². The molecule has 0 bridgehead atoms. The molecule has 1 fully saturated rings. The summed E-state index contributed by atoms with van der Waals surface area (Å²) >= 11 is 1.03. The fourth-order valence-electron chi connectivity index (χ4n) is 2.42. The molecule has 0 aliphatic carbocycles. The highest BCUT2D eigenvalue weighted by Crippen LogP contribution is 2.37. The fourth-order valence-corrected chi connectivity index (χ4v) is 4.49. The molecule has 0 aromatic heterocycles.